The highest BCUT2D eigenvalue weighted by atomic mass is 19.4. The zero-order valence-electron chi connectivity index (χ0n) is 9.54. The average molecular weight is 263 g/mol. The molecular weight excluding hydrogens is 250 g/mol. The third-order valence-corrected chi connectivity index (χ3v) is 2.84. The summed E-state index contributed by atoms with van der Waals surface area (Å²) < 4.78 is 51.1. The molecular formula is C12H13F4NO. The Hall–Kier alpha value is -1.30. The van der Waals surface area contributed by atoms with Crippen LogP contribution in [-0.2, 0) is 6.61 Å². The van der Waals surface area contributed by atoms with Gasteiger partial charge >= 0.3 is 6.18 Å². The number of aliphatic hydroxyl groups excluding tert-OH is 1. The summed E-state index contributed by atoms with van der Waals surface area (Å²) in [5, 5.41) is 8.84. The summed E-state index contributed by atoms with van der Waals surface area (Å²) in [5.41, 5.74) is 0.297. The van der Waals surface area contributed by atoms with Gasteiger partial charge in [-0.1, -0.05) is 6.07 Å². The van der Waals surface area contributed by atoms with E-state index in [4.69, 9.17) is 5.11 Å². The summed E-state index contributed by atoms with van der Waals surface area (Å²) in [6, 6.07) is 3.57. The van der Waals surface area contributed by atoms with Gasteiger partial charge in [-0.2, -0.15) is 13.2 Å². The smallest absolute Gasteiger partial charge is 0.392 e. The first-order valence-corrected chi connectivity index (χ1v) is 5.63. The lowest BCUT2D eigenvalue weighted by Crippen LogP contribution is -2.36. The van der Waals surface area contributed by atoms with Gasteiger partial charge in [0.15, 0.2) is 0 Å². The molecule has 0 aromatic heterocycles. The van der Waals surface area contributed by atoms with Gasteiger partial charge in [0.05, 0.1) is 12.3 Å². The number of hydrogen-bond donors (Lipinski definition) is 1. The molecule has 2 nitrogen and oxygen atoms in total. The SMILES string of the molecule is OCc1ccc(N(CC(F)(F)F)C2CC2)c(F)c1. The Bertz CT molecular complexity index is 429. The molecule has 0 heterocycles. The lowest BCUT2D eigenvalue weighted by atomic mass is 10.2. The molecule has 100 valence electrons. The lowest BCUT2D eigenvalue weighted by molar-refractivity contribution is -0.120. The van der Waals surface area contributed by atoms with Crippen LogP contribution in [0.25, 0.3) is 0 Å². The van der Waals surface area contributed by atoms with Crippen LogP contribution in [0, 0.1) is 5.82 Å². The highest BCUT2D eigenvalue weighted by Gasteiger charge is 2.39. The van der Waals surface area contributed by atoms with Crippen LogP contribution in [0.3, 0.4) is 0 Å². The van der Waals surface area contributed by atoms with Crippen molar-refractivity contribution in [2.24, 2.45) is 0 Å². The molecule has 0 amide bonds. The number of halogens is 4. The van der Waals surface area contributed by atoms with Crippen LogP contribution in [0.2, 0.25) is 0 Å². The molecule has 18 heavy (non-hydrogen) atoms. The van der Waals surface area contributed by atoms with E-state index in [1.807, 2.05) is 0 Å². The fourth-order valence-electron chi connectivity index (χ4n) is 1.87. The maximum Gasteiger partial charge on any atom is 0.405 e. The highest BCUT2D eigenvalue weighted by molar-refractivity contribution is 5.51. The van der Waals surface area contributed by atoms with Crippen molar-refractivity contribution in [3.05, 3.63) is 29.6 Å². The summed E-state index contributed by atoms with van der Waals surface area (Å²) >= 11 is 0. The van der Waals surface area contributed by atoms with E-state index in [0.717, 1.165) is 11.0 Å². The first kappa shape index (κ1) is 13.1. The minimum Gasteiger partial charge on any atom is -0.392 e. The number of hydrogen-bond acceptors (Lipinski definition) is 2. The number of rotatable bonds is 4. The Labute approximate surface area is 102 Å². The average Bonchev–Trinajstić information content (AvgIpc) is 3.08. The van der Waals surface area contributed by atoms with Gasteiger partial charge in [-0.15, -0.1) is 0 Å². The summed E-state index contributed by atoms with van der Waals surface area (Å²) in [7, 11) is 0. The highest BCUT2D eigenvalue weighted by Crippen LogP contribution is 2.35. The van der Waals surface area contributed by atoms with E-state index < -0.39 is 18.5 Å². The van der Waals surface area contributed by atoms with Crippen LogP contribution in [-0.4, -0.2) is 23.9 Å². The quantitative estimate of drug-likeness (QED) is 0.844. The molecule has 0 saturated heterocycles. The van der Waals surface area contributed by atoms with Crippen molar-refractivity contribution in [3.8, 4) is 0 Å². The minimum absolute atomic E-state index is 0.0491. The maximum absolute atomic E-state index is 13.7. The second-order valence-electron chi connectivity index (χ2n) is 4.42. The van der Waals surface area contributed by atoms with Crippen LogP contribution in [0.4, 0.5) is 23.2 Å². The van der Waals surface area contributed by atoms with E-state index in [-0.39, 0.29) is 18.3 Å². The molecule has 0 aliphatic heterocycles. The van der Waals surface area contributed by atoms with Gasteiger partial charge in [-0.25, -0.2) is 4.39 Å². The Kier molecular flexibility index (Phi) is 3.47. The van der Waals surface area contributed by atoms with Crippen molar-refractivity contribution in [1.29, 1.82) is 0 Å². The van der Waals surface area contributed by atoms with E-state index in [1.165, 1.54) is 12.1 Å². The number of alkyl halides is 3. The van der Waals surface area contributed by atoms with Crippen molar-refractivity contribution in [3.63, 3.8) is 0 Å². The zero-order chi connectivity index (χ0) is 13.3. The van der Waals surface area contributed by atoms with Crippen LogP contribution in [0.15, 0.2) is 18.2 Å². The standard InChI is InChI=1S/C12H13F4NO/c13-10-5-8(6-18)1-4-11(10)17(9-2-3-9)7-12(14,15)16/h1,4-5,9,18H,2-3,6-7H2. The number of nitrogens with zero attached hydrogens (tertiary/aromatic N) is 1. The normalized spacial score (nSPS) is 15.8. The first-order valence-electron chi connectivity index (χ1n) is 5.63. The molecule has 1 N–H and O–H groups in total. The summed E-state index contributed by atoms with van der Waals surface area (Å²) in [5.74, 6) is -0.724. The van der Waals surface area contributed by atoms with Crippen LogP contribution >= 0.6 is 0 Å². The van der Waals surface area contributed by atoms with E-state index in [2.05, 4.69) is 0 Å². The predicted octanol–water partition coefficient (Wildman–Crippen LogP) is 2.85. The third-order valence-electron chi connectivity index (χ3n) is 2.84. The van der Waals surface area contributed by atoms with Gasteiger partial charge in [-0.05, 0) is 30.5 Å². The fourth-order valence-corrected chi connectivity index (χ4v) is 1.87. The van der Waals surface area contributed by atoms with Crippen LogP contribution in [0.1, 0.15) is 18.4 Å². The van der Waals surface area contributed by atoms with E-state index in [9.17, 15) is 17.6 Å². The van der Waals surface area contributed by atoms with Crippen molar-refractivity contribution in [2.45, 2.75) is 31.7 Å². The number of aliphatic hydroxyl groups is 1. The van der Waals surface area contributed by atoms with E-state index >= 15 is 0 Å². The van der Waals surface area contributed by atoms with Gasteiger partial charge in [0.2, 0.25) is 0 Å². The molecule has 1 fully saturated rings. The molecule has 0 bridgehead atoms. The minimum atomic E-state index is -4.36. The monoisotopic (exact) mass is 263 g/mol. The first-order chi connectivity index (χ1) is 8.40. The molecule has 0 spiro atoms. The maximum atomic E-state index is 13.7. The molecule has 0 unspecified atom stereocenters. The number of anilines is 1. The van der Waals surface area contributed by atoms with Crippen molar-refractivity contribution in [1.82, 2.24) is 0 Å². The fraction of sp³-hybridized carbons (Fsp3) is 0.500. The molecule has 1 aliphatic carbocycles. The zero-order valence-corrected chi connectivity index (χ0v) is 9.54. The number of benzene rings is 1. The molecule has 2 rings (SSSR count). The van der Waals surface area contributed by atoms with E-state index in [1.54, 1.807) is 0 Å². The van der Waals surface area contributed by atoms with Crippen LogP contribution < -0.4 is 4.90 Å². The van der Waals surface area contributed by atoms with Crippen molar-refractivity contribution in [2.75, 3.05) is 11.4 Å². The Morgan fingerprint density at radius 2 is 1.94 bits per heavy atom. The topological polar surface area (TPSA) is 23.5 Å². The molecule has 1 aliphatic rings. The molecule has 1 aromatic rings. The second-order valence-corrected chi connectivity index (χ2v) is 4.42. The summed E-state index contributed by atoms with van der Waals surface area (Å²) in [6.45, 7) is -1.48. The molecule has 6 heteroatoms. The predicted molar refractivity (Wildman–Crippen MR) is 58.7 cm³/mol. The Morgan fingerprint density at radius 3 is 2.39 bits per heavy atom. The second kappa shape index (κ2) is 4.76. The van der Waals surface area contributed by atoms with Crippen molar-refractivity contribution < 1.29 is 22.7 Å². The Balaban J connectivity index is 2.25. The van der Waals surface area contributed by atoms with Crippen LogP contribution in [0.5, 0.6) is 0 Å². The molecule has 1 saturated carbocycles. The van der Waals surface area contributed by atoms with Crippen molar-refractivity contribution >= 4 is 5.69 Å². The van der Waals surface area contributed by atoms with Gasteiger partial charge in [0.1, 0.15) is 12.4 Å². The van der Waals surface area contributed by atoms with Gasteiger partial charge in [0.25, 0.3) is 0 Å². The van der Waals surface area contributed by atoms with Gasteiger partial charge in [0, 0.05) is 6.04 Å². The Morgan fingerprint density at radius 1 is 1.28 bits per heavy atom. The van der Waals surface area contributed by atoms with E-state index in [0.29, 0.717) is 18.4 Å². The summed E-state index contributed by atoms with van der Waals surface area (Å²) in [4.78, 5) is 1.05. The lowest BCUT2D eigenvalue weighted by Gasteiger charge is -2.26. The van der Waals surface area contributed by atoms with Gasteiger partial charge in [-0.3, -0.25) is 0 Å². The summed E-state index contributed by atoms with van der Waals surface area (Å²) in [6.07, 6.45) is -3.06. The molecule has 0 atom stereocenters. The molecule has 1 aromatic carbocycles. The third kappa shape index (κ3) is 3.13. The largest absolute Gasteiger partial charge is 0.405 e. The van der Waals surface area contributed by atoms with Gasteiger partial charge < -0.3 is 10.0 Å². The molecule has 0 radical (unpaired) electrons.